The van der Waals surface area contributed by atoms with E-state index in [1.165, 1.54) is 16.4 Å². The van der Waals surface area contributed by atoms with Crippen molar-refractivity contribution >= 4 is 21.7 Å². The summed E-state index contributed by atoms with van der Waals surface area (Å²) in [5.74, 6) is 0.391. The first-order chi connectivity index (χ1) is 14.6. The fourth-order valence-electron chi connectivity index (χ4n) is 3.67. The molecule has 0 aliphatic carbocycles. The molecule has 164 valence electrons. The van der Waals surface area contributed by atoms with Crippen LogP contribution in [0.2, 0.25) is 0 Å². The van der Waals surface area contributed by atoms with Crippen LogP contribution in [-0.2, 0) is 21.2 Å². The number of aromatic hydroxyl groups is 1. The number of fused-ring (bicyclic) bond motifs is 1. The molecule has 0 unspecified atom stereocenters. The highest BCUT2D eigenvalue weighted by atomic mass is 32.2. The summed E-state index contributed by atoms with van der Waals surface area (Å²) in [4.78, 5) is 22.9. The number of amides is 1. The van der Waals surface area contributed by atoms with E-state index in [0.717, 1.165) is 17.0 Å². The monoisotopic (exact) mass is 444 g/mol. The van der Waals surface area contributed by atoms with Crippen LogP contribution in [0.25, 0.3) is 5.78 Å². The van der Waals surface area contributed by atoms with Gasteiger partial charge in [-0.25, -0.2) is 17.9 Å². The van der Waals surface area contributed by atoms with Gasteiger partial charge in [0.25, 0.3) is 5.78 Å². The van der Waals surface area contributed by atoms with Gasteiger partial charge >= 0.3 is 0 Å². The molecule has 0 spiro atoms. The molecule has 10 nitrogen and oxygen atoms in total. The molecule has 1 aromatic carbocycles. The average Bonchev–Trinajstić information content (AvgIpc) is 3.12. The van der Waals surface area contributed by atoms with Crippen molar-refractivity contribution in [3.8, 4) is 5.75 Å². The molecule has 1 saturated heterocycles. The molecule has 0 bridgehead atoms. The Bertz CT molecular complexity index is 1260. The molecule has 4 rings (SSSR count). The molecule has 3 heterocycles. The summed E-state index contributed by atoms with van der Waals surface area (Å²) in [7, 11) is -3.84. The van der Waals surface area contributed by atoms with Crippen molar-refractivity contribution in [1.29, 1.82) is 0 Å². The zero-order chi connectivity index (χ0) is 22.3. The Morgan fingerprint density at radius 3 is 2.48 bits per heavy atom. The van der Waals surface area contributed by atoms with Gasteiger partial charge in [-0.1, -0.05) is 6.07 Å². The lowest BCUT2D eigenvalue weighted by atomic mass is 10.2. The highest BCUT2D eigenvalue weighted by Crippen LogP contribution is 2.27. The first-order valence-electron chi connectivity index (χ1n) is 9.92. The number of phenolic OH excluding ortho intramolecular Hbond substituents is 1. The predicted octanol–water partition coefficient (Wildman–Crippen LogP) is 0.831. The Morgan fingerprint density at radius 1 is 1.06 bits per heavy atom. The second kappa shape index (κ2) is 7.89. The van der Waals surface area contributed by atoms with E-state index in [4.69, 9.17) is 0 Å². The first kappa shape index (κ1) is 21.2. The Kier molecular flexibility index (Phi) is 5.40. The quantitative estimate of drug-likeness (QED) is 0.633. The molecule has 2 aromatic heterocycles. The normalized spacial score (nSPS) is 15.5. The Hall–Kier alpha value is -3.05. The first-order valence-corrected chi connectivity index (χ1v) is 11.4. The number of piperazine rings is 1. The van der Waals surface area contributed by atoms with E-state index in [1.54, 1.807) is 22.4 Å². The molecular formula is C20H24N6O4S. The van der Waals surface area contributed by atoms with E-state index in [0.29, 0.717) is 11.6 Å². The topological polar surface area (TPSA) is 121 Å². The minimum Gasteiger partial charge on any atom is -0.507 e. The van der Waals surface area contributed by atoms with Crippen molar-refractivity contribution in [2.75, 3.05) is 26.2 Å². The van der Waals surface area contributed by atoms with Crippen molar-refractivity contribution in [2.45, 2.75) is 32.1 Å². The summed E-state index contributed by atoms with van der Waals surface area (Å²) in [6.45, 7) is 6.35. The van der Waals surface area contributed by atoms with E-state index < -0.39 is 10.0 Å². The zero-order valence-corrected chi connectivity index (χ0v) is 18.4. The summed E-state index contributed by atoms with van der Waals surface area (Å²) in [5, 5.41) is 14.4. The van der Waals surface area contributed by atoms with Gasteiger partial charge in [-0.2, -0.15) is 9.29 Å². The van der Waals surface area contributed by atoms with Gasteiger partial charge < -0.3 is 10.0 Å². The minimum absolute atomic E-state index is 0.0211. The molecular weight excluding hydrogens is 420 g/mol. The van der Waals surface area contributed by atoms with Crippen LogP contribution >= 0.6 is 0 Å². The maximum Gasteiger partial charge on any atom is 0.252 e. The van der Waals surface area contributed by atoms with Crippen LogP contribution in [0.4, 0.5) is 0 Å². The van der Waals surface area contributed by atoms with Crippen molar-refractivity contribution in [2.24, 2.45) is 0 Å². The fourth-order valence-corrected chi connectivity index (χ4v) is 5.26. The van der Waals surface area contributed by atoms with Crippen LogP contribution in [0, 0.1) is 20.8 Å². The number of carbonyl (C=O) groups excluding carboxylic acids is 1. The van der Waals surface area contributed by atoms with E-state index >= 15 is 0 Å². The summed E-state index contributed by atoms with van der Waals surface area (Å²) < 4.78 is 28.7. The minimum atomic E-state index is -3.84. The number of carbonyl (C=O) groups is 1. The molecule has 0 radical (unpaired) electrons. The third-order valence-corrected chi connectivity index (χ3v) is 7.22. The lowest BCUT2D eigenvalue weighted by Gasteiger charge is -2.34. The van der Waals surface area contributed by atoms with Gasteiger partial charge in [-0.3, -0.25) is 4.79 Å². The SMILES string of the molecule is Cc1ccc(O)c(S(=O)(=O)N2CCN(C(=O)Cc3nc4nc(C)cc(C)n4n3)CC2)c1. The lowest BCUT2D eigenvalue weighted by Crippen LogP contribution is -2.50. The predicted molar refractivity (Wildman–Crippen MR) is 112 cm³/mol. The summed E-state index contributed by atoms with van der Waals surface area (Å²) in [6.07, 6.45) is 0.0211. The van der Waals surface area contributed by atoms with E-state index in [9.17, 15) is 18.3 Å². The van der Waals surface area contributed by atoms with Crippen molar-refractivity contribution in [1.82, 2.24) is 28.8 Å². The van der Waals surface area contributed by atoms with E-state index in [2.05, 4.69) is 15.1 Å². The molecule has 1 aliphatic heterocycles. The van der Waals surface area contributed by atoms with Crippen molar-refractivity contribution in [3.63, 3.8) is 0 Å². The number of aryl methyl sites for hydroxylation is 3. The maximum atomic E-state index is 12.9. The van der Waals surface area contributed by atoms with Gasteiger partial charge in [-0.15, -0.1) is 5.10 Å². The number of aromatic nitrogens is 4. The molecule has 11 heteroatoms. The number of rotatable bonds is 4. The molecule has 1 N–H and O–H groups in total. The van der Waals surface area contributed by atoms with Crippen LogP contribution in [-0.4, -0.2) is 74.4 Å². The smallest absolute Gasteiger partial charge is 0.252 e. The van der Waals surface area contributed by atoms with Gasteiger partial charge in [0.1, 0.15) is 10.6 Å². The van der Waals surface area contributed by atoms with Crippen LogP contribution in [0.15, 0.2) is 29.2 Å². The maximum absolute atomic E-state index is 12.9. The standard InChI is InChI=1S/C20H24N6O4S/c1-13-4-5-16(27)17(10-13)31(29,30)25-8-6-24(7-9-25)19(28)12-18-22-20-21-14(2)11-15(3)26(20)23-18/h4-5,10-11,27H,6-9,12H2,1-3H3. The van der Waals surface area contributed by atoms with Gasteiger partial charge in [0.2, 0.25) is 15.9 Å². The largest absolute Gasteiger partial charge is 0.507 e. The van der Waals surface area contributed by atoms with Gasteiger partial charge in [0.15, 0.2) is 5.82 Å². The Labute approximate surface area is 180 Å². The van der Waals surface area contributed by atoms with Crippen LogP contribution < -0.4 is 0 Å². The molecule has 31 heavy (non-hydrogen) atoms. The molecule has 1 amide bonds. The zero-order valence-electron chi connectivity index (χ0n) is 17.6. The summed E-state index contributed by atoms with van der Waals surface area (Å²) in [5.41, 5.74) is 2.45. The highest BCUT2D eigenvalue weighted by molar-refractivity contribution is 7.89. The molecule has 3 aromatic rings. The van der Waals surface area contributed by atoms with Crippen LogP contribution in [0.1, 0.15) is 22.8 Å². The van der Waals surface area contributed by atoms with E-state index in [-0.39, 0.29) is 49.2 Å². The number of hydrogen-bond acceptors (Lipinski definition) is 7. The lowest BCUT2D eigenvalue weighted by molar-refractivity contribution is -0.131. The van der Waals surface area contributed by atoms with Crippen LogP contribution in [0.5, 0.6) is 5.75 Å². The molecule has 1 fully saturated rings. The molecule has 0 saturated carbocycles. The van der Waals surface area contributed by atoms with Gasteiger partial charge in [0.05, 0.1) is 6.42 Å². The third kappa shape index (κ3) is 4.10. The van der Waals surface area contributed by atoms with Gasteiger partial charge in [0, 0.05) is 37.6 Å². The second-order valence-corrected chi connectivity index (χ2v) is 9.62. The van der Waals surface area contributed by atoms with Gasteiger partial charge in [-0.05, 0) is 44.5 Å². The van der Waals surface area contributed by atoms with Crippen molar-refractivity contribution < 1.29 is 18.3 Å². The number of phenols is 1. The van der Waals surface area contributed by atoms with Crippen LogP contribution in [0.3, 0.4) is 0 Å². The number of nitrogens with zero attached hydrogens (tertiary/aromatic N) is 6. The number of sulfonamides is 1. The third-order valence-electron chi connectivity index (χ3n) is 5.30. The molecule has 0 atom stereocenters. The van der Waals surface area contributed by atoms with E-state index in [1.807, 2.05) is 19.9 Å². The second-order valence-electron chi connectivity index (χ2n) is 7.71. The summed E-state index contributed by atoms with van der Waals surface area (Å²) >= 11 is 0. The Balaban J connectivity index is 1.43. The van der Waals surface area contributed by atoms with Crippen molar-refractivity contribution in [3.05, 3.63) is 47.0 Å². The Morgan fingerprint density at radius 2 is 1.77 bits per heavy atom. The average molecular weight is 445 g/mol. The number of benzene rings is 1. The fraction of sp³-hybridized carbons (Fsp3) is 0.400. The highest BCUT2D eigenvalue weighted by Gasteiger charge is 2.32. The molecule has 1 aliphatic rings. The number of hydrogen-bond donors (Lipinski definition) is 1. The summed E-state index contributed by atoms with van der Waals surface area (Å²) in [6, 6.07) is 6.37.